The molecule has 0 radical (unpaired) electrons. The highest BCUT2D eigenvalue weighted by atomic mass is 79.9. The Hall–Kier alpha value is -1.07. The van der Waals surface area contributed by atoms with Crippen LogP contribution in [0.5, 0.6) is 5.75 Å². The number of rotatable bonds is 6. The summed E-state index contributed by atoms with van der Waals surface area (Å²) in [7, 11) is 0. The van der Waals surface area contributed by atoms with Gasteiger partial charge in [-0.3, -0.25) is 9.69 Å². The van der Waals surface area contributed by atoms with Crippen LogP contribution in [0.25, 0.3) is 0 Å². The van der Waals surface area contributed by atoms with Crippen molar-refractivity contribution < 1.29 is 9.90 Å². The standard InChI is InChI=1S/C15H23BrN2O2/c1-5-18(9-15(20)17-10(2)3)11(4)13-8-12(16)6-7-14(13)19/h6-8,10-11,19H,5,9H2,1-4H3,(H,17,20). The molecule has 1 rings (SSSR count). The van der Waals surface area contributed by atoms with Crippen LogP contribution in [0.15, 0.2) is 22.7 Å². The number of hydrogen-bond donors (Lipinski definition) is 2. The second-order valence-corrected chi connectivity index (χ2v) is 6.08. The summed E-state index contributed by atoms with van der Waals surface area (Å²) in [6.45, 7) is 8.94. The molecule has 0 aliphatic rings. The normalized spacial score (nSPS) is 12.8. The molecular formula is C15H23BrN2O2. The topological polar surface area (TPSA) is 52.6 Å². The molecule has 1 atom stereocenters. The zero-order valence-electron chi connectivity index (χ0n) is 12.5. The molecule has 1 unspecified atom stereocenters. The van der Waals surface area contributed by atoms with Gasteiger partial charge in [-0.1, -0.05) is 22.9 Å². The molecule has 1 aromatic rings. The van der Waals surface area contributed by atoms with Gasteiger partial charge in [-0.05, 0) is 45.5 Å². The molecule has 20 heavy (non-hydrogen) atoms. The monoisotopic (exact) mass is 342 g/mol. The van der Waals surface area contributed by atoms with Crippen molar-refractivity contribution in [3.63, 3.8) is 0 Å². The van der Waals surface area contributed by atoms with Crippen molar-refractivity contribution in [1.29, 1.82) is 0 Å². The number of phenolic OH excluding ortho intramolecular Hbond substituents is 1. The largest absolute Gasteiger partial charge is 0.508 e. The minimum absolute atomic E-state index is 0.00295. The minimum Gasteiger partial charge on any atom is -0.508 e. The third-order valence-corrected chi connectivity index (χ3v) is 3.68. The Morgan fingerprint density at radius 1 is 1.40 bits per heavy atom. The maximum atomic E-state index is 11.9. The number of aromatic hydroxyl groups is 1. The lowest BCUT2D eigenvalue weighted by Crippen LogP contribution is -2.41. The van der Waals surface area contributed by atoms with Gasteiger partial charge in [-0.15, -0.1) is 0 Å². The fourth-order valence-corrected chi connectivity index (χ4v) is 2.51. The van der Waals surface area contributed by atoms with Gasteiger partial charge >= 0.3 is 0 Å². The Kier molecular flexibility index (Phi) is 6.49. The van der Waals surface area contributed by atoms with E-state index in [2.05, 4.69) is 21.2 Å². The van der Waals surface area contributed by atoms with Crippen molar-refractivity contribution in [3.8, 4) is 5.75 Å². The fraction of sp³-hybridized carbons (Fsp3) is 0.533. The number of carbonyl (C=O) groups is 1. The fourth-order valence-electron chi connectivity index (χ4n) is 2.13. The van der Waals surface area contributed by atoms with Crippen LogP contribution in [0.1, 0.15) is 39.3 Å². The van der Waals surface area contributed by atoms with Gasteiger partial charge < -0.3 is 10.4 Å². The Balaban J connectivity index is 2.83. The Bertz CT molecular complexity index is 463. The molecule has 5 heteroatoms. The van der Waals surface area contributed by atoms with Gasteiger partial charge in [-0.2, -0.15) is 0 Å². The number of benzene rings is 1. The summed E-state index contributed by atoms with van der Waals surface area (Å²) in [4.78, 5) is 13.9. The number of nitrogens with one attached hydrogen (secondary N) is 1. The van der Waals surface area contributed by atoms with Crippen molar-refractivity contribution >= 4 is 21.8 Å². The summed E-state index contributed by atoms with van der Waals surface area (Å²) in [6.07, 6.45) is 0. The molecule has 112 valence electrons. The first kappa shape index (κ1) is 17.0. The van der Waals surface area contributed by atoms with E-state index in [0.717, 1.165) is 16.6 Å². The van der Waals surface area contributed by atoms with Crippen LogP contribution in [0.2, 0.25) is 0 Å². The molecule has 0 aliphatic heterocycles. The number of phenols is 1. The van der Waals surface area contributed by atoms with E-state index in [1.807, 2.05) is 38.7 Å². The van der Waals surface area contributed by atoms with Gasteiger partial charge in [0.2, 0.25) is 5.91 Å². The van der Waals surface area contributed by atoms with E-state index in [0.29, 0.717) is 6.54 Å². The van der Waals surface area contributed by atoms with Crippen molar-refractivity contribution in [3.05, 3.63) is 28.2 Å². The zero-order chi connectivity index (χ0) is 15.3. The van der Waals surface area contributed by atoms with Gasteiger partial charge in [0.15, 0.2) is 0 Å². The quantitative estimate of drug-likeness (QED) is 0.835. The van der Waals surface area contributed by atoms with Crippen LogP contribution in [0.4, 0.5) is 0 Å². The molecule has 1 aromatic carbocycles. The molecule has 0 heterocycles. The van der Waals surface area contributed by atoms with Crippen LogP contribution < -0.4 is 5.32 Å². The van der Waals surface area contributed by atoms with Crippen molar-refractivity contribution in [2.24, 2.45) is 0 Å². The maximum absolute atomic E-state index is 11.9. The predicted molar refractivity (Wildman–Crippen MR) is 84.7 cm³/mol. The molecule has 0 saturated heterocycles. The summed E-state index contributed by atoms with van der Waals surface area (Å²) in [5, 5.41) is 12.9. The van der Waals surface area contributed by atoms with E-state index in [9.17, 15) is 9.90 Å². The summed E-state index contributed by atoms with van der Waals surface area (Å²) in [6, 6.07) is 5.46. The smallest absolute Gasteiger partial charge is 0.234 e. The summed E-state index contributed by atoms with van der Waals surface area (Å²) < 4.78 is 0.917. The zero-order valence-corrected chi connectivity index (χ0v) is 14.1. The number of nitrogens with zero attached hydrogens (tertiary/aromatic N) is 1. The van der Waals surface area contributed by atoms with Crippen LogP contribution in [-0.4, -0.2) is 35.0 Å². The molecule has 0 fully saturated rings. The summed E-state index contributed by atoms with van der Waals surface area (Å²) in [5.41, 5.74) is 0.818. The molecule has 0 saturated carbocycles. The Morgan fingerprint density at radius 3 is 2.60 bits per heavy atom. The third-order valence-electron chi connectivity index (χ3n) is 3.19. The lowest BCUT2D eigenvalue weighted by atomic mass is 10.1. The molecule has 1 amide bonds. The highest BCUT2D eigenvalue weighted by Gasteiger charge is 2.20. The van der Waals surface area contributed by atoms with E-state index in [1.54, 1.807) is 12.1 Å². The molecule has 4 nitrogen and oxygen atoms in total. The van der Waals surface area contributed by atoms with E-state index in [1.165, 1.54) is 0 Å². The van der Waals surface area contributed by atoms with Crippen molar-refractivity contribution in [2.75, 3.05) is 13.1 Å². The van der Waals surface area contributed by atoms with E-state index in [-0.39, 0.29) is 23.7 Å². The average Bonchev–Trinajstić information content (AvgIpc) is 2.37. The number of amides is 1. The minimum atomic E-state index is -0.0320. The summed E-state index contributed by atoms with van der Waals surface area (Å²) >= 11 is 3.41. The average molecular weight is 343 g/mol. The first-order chi connectivity index (χ1) is 9.35. The lowest BCUT2D eigenvalue weighted by molar-refractivity contribution is -0.123. The number of likely N-dealkylation sites (N-methyl/N-ethyl adjacent to an activating group) is 1. The molecule has 2 N–H and O–H groups in total. The Labute approximate surface area is 129 Å². The second-order valence-electron chi connectivity index (χ2n) is 5.16. The van der Waals surface area contributed by atoms with Gasteiger partial charge in [0.05, 0.1) is 6.54 Å². The van der Waals surface area contributed by atoms with E-state index < -0.39 is 0 Å². The van der Waals surface area contributed by atoms with Crippen LogP contribution in [-0.2, 0) is 4.79 Å². The molecule has 0 bridgehead atoms. The number of halogens is 1. The van der Waals surface area contributed by atoms with Gasteiger partial charge in [0, 0.05) is 22.1 Å². The third kappa shape index (κ3) is 4.80. The molecule has 0 aliphatic carbocycles. The molecule has 0 spiro atoms. The lowest BCUT2D eigenvalue weighted by Gasteiger charge is -2.28. The maximum Gasteiger partial charge on any atom is 0.234 e. The van der Waals surface area contributed by atoms with Crippen LogP contribution in [0, 0.1) is 0 Å². The van der Waals surface area contributed by atoms with Gasteiger partial charge in [0.25, 0.3) is 0 Å². The second kappa shape index (κ2) is 7.64. The van der Waals surface area contributed by atoms with Gasteiger partial charge in [0.1, 0.15) is 5.75 Å². The van der Waals surface area contributed by atoms with Crippen molar-refractivity contribution in [2.45, 2.75) is 39.8 Å². The number of hydrogen-bond acceptors (Lipinski definition) is 3. The molecular weight excluding hydrogens is 320 g/mol. The SMILES string of the molecule is CCN(CC(=O)NC(C)C)C(C)c1cc(Br)ccc1O. The van der Waals surface area contributed by atoms with Crippen molar-refractivity contribution in [1.82, 2.24) is 10.2 Å². The van der Waals surface area contributed by atoms with Crippen LogP contribution in [0.3, 0.4) is 0 Å². The van der Waals surface area contributed by atoms with Crippen LogP contribution >= 0.6 is 15.9 Å². The number of carbonyl (C=O) groups excluding carboxylic acids is 1. The molecule has 0 aromatic heterocycles. The summed E-state index contributed by atoms with van der Waals surface area (Å²) in [5.74, 6) is 0.256. The highest BCUT2D eigenvalue weighted by molar-refractivity contribution is 9.10. The Morgan fingerprint density at radius 2 is 2.05 bits per heavy atom. The predicted octanol–water partition coefficient (Wildman–Crippen LogP) is 3.06. The first-order valence-electron chi connectivity index (χ1n) is 6.87. The first-order valence-corrected chi connectivity index (χ1v) is 7.66. The van der Waals surface area contributed by atoms with E-state index >= 15 is 0 Å². The highest BCUT2D eigenvalue weighted by Crippen LogP contribution is 2.30. The van der Waals surface area contributed by atoms with E-state index in [4.69, 9.17) is 0 Å². The van der Waals surface area contributed by atoms with Gasteiger partial charge in [-0.25, -0.2) is 0 Å².